The summed E-state index contributed by atoms with van der Waals surface area (Å²) in [6, 6.07) is 5.52. The lowest BCUT2D eigenvalue weighted by molar-refractivity contribution is 0.0688. The molecule has 1 unspecified atom stereocenters. The van der Waals surface area contributed by atoms with Crippen LogP contribution in [0, 0.1) is 0 Å². The molecule has 19 heavy (non-hydrogen) atoms. The zero-order valence-electron chi connectivity index (χ0n) is 10.7. The number of nitrogens with zero attached hydrogens (tertiary/aromatic N) is 1. The largest absolute Gasteiger partial charge is 0.397 e. The lowest BCUT2D eigenvalue weighted by Gasteiger charge is -2.22. The molecular formula is C13H15BrN2O2S. The fraction of sp³-hybridized carbons (Fsp3) is 0.308. The van der Waals surface area contributed by atoms with Crippen molar-refractivity contribution in [2.45, 2.75) is 13.0 Å². The van der Waals surface area contributed by atoms with Gasteiger partial charge in [-0.1, -0.05) is 22.0 Å². The molecule has 0 aliphatic heterocycles. The van der Waals surface area contributed by atoms with Gasteiger partial charge in [-0.2, -0.15) is 0 Å². The summed E-state index contributed by atoms with van der Waals surface area (Å²) in [6.07, 6.45) is 0. The van der Waals surface area contributed by atoms with Crippen molar-refractivity contribution in [3.05, 3.63) is 27.5 Å². The number of hydrogen-bond acceptors (Lipinski definition) is 4. The summed E-state index contributed by atoms with van der Waals surface area (Å²) in [4.78, 5) is 14.4. The Morgan fingerprint density at radius 3 is 2.89 bits per heavy atom. The Hall–Kier alpha value is -1.11. The van der Waals surface area contributed by atoms with Crippen LogP contribution in [-0.4, -0.2) is 35.6 Å². The smallest absolute Gasteiger partial charge is 0.266 e. The molecule has 1 heterocycles. The maximum absolute atomic E-state index is 12.4. The van der Waals surface area contributed by atoms with Gasteiger partial charge in [-0.05, 0) is 19.1 Å². The Morgan fingerprint density at radius 1 is 1.58 bits per heavy atom. The lowest BCUT2D eigenvalue weighted by Crippen LogP contribution is -2.37. The zero-order chi connectivity index (χ0) is 14.2. The number of carbonyl (C=O) groups is 1. The number of thiophene rings is 1. The van der Waals surface area contributed by atoms with Gasteiger partial charge in [0.05, 0.1) is 18.3 Å². The number of benzene rings is 1. The molecule has 1 amide bonds. The predicted molar refractivity (Wildman–Crippen MR) is 82.6 cm³/mol. The molecule has 0 aliphatic rings. The molecule has 0 radical (unpaired) electrons. The van der Waals surface area contributed by atoms with Crippen LogP contribution in [0.3, 0.4) is 0 Å². The van der Waals surface area contributed by atoms with Crippen molar-refractivity contribution < 1.29 is 9.90 Å². The zero-order valence-corrected chi connectivity index (χ0v) is 13.1. The summed E-state index contributed by atoms with van der Waals surface area (Å²) >= 11 is 4.78. The molecule has 1 aromatic carbocycles. The van der Waals surface area contributed by atoms with Gasteiger partial charge in [0.15, 0.2) is 0 Å². The number of nitrogens with two attached hydrogens (primary N) is 1. The minimum absolute atomic E-state index is 0.0708. The molecule has 2 rings (SSSR count). The Labute approximate surface area is 124 Å². The van der Waals surface area contributed by atoms with Gasteiger partial charge in [-0.25, -0.2) is 0 Å². The number of aliphatic hydroxyl groups is 1. The molecule has 0 aliphatic carbocycles. The van der Waals surface area contributed by atoms with Crippen LogP contribution in [0.15, 0.2) is 22.7 Å². The van der Waals surface area contributed by atoms with Gasteiger partial charge in [-0.15, -0.1) is 11.3 Å². The molecule has 102 valence electrons. The highest BCUT2D eigenvalue weighted by Gasteiger charge is 2.22. The number of halogens is 1. The number of hydrogen-bond donors (Lipinski definition) is 2. The van der Waals surface area contributed by atoms with Crippen molar-refractivity contribution >= 4 is 48.9 Å². The van der Waals surface area contributed by atoms with E-state index in [1.54, 1.807) is 14.0 Å². The molecule has 0 fully saturated rings. The lowest BCUT2D eigenvalue weighted by atomic mass is 10.2. The maximum Gasteiger partial charge on any atom is 0.266 e. The molecule has 0 saturated heterocycles. The minimum atomic E-state index is -0.233. The number of fused-ring (bicyclic) bond motifs is 1. The quantitative estimate of drug-likeness (QED) is 0.901. The fourth-order valence-corrected chi connectivity index (χ4v) is 3.39. The van der Waals surface area contributed by atoms with Gasteiger partial charge in [0.1, 0.15) is 4.88 Å². The maximum atomic E-state index is 12.4. The third kappa shape index (κ3) is 2.61. The molecular weight excluding hydrogens is 328 g/mol. The highest BCUT2D eigenvalue weighted by molar-refractivity contribution is 9.10. The Morgan fingerprint density at radius 2 is 2.26 bits per heavy atom. The van der Waals surface area contributed by atoms with Crippen LogP contribution in [-0.2, 0) is 0 Å². The number of anilines is 1. The molecule has 3 N–H and O–H groups in total. The second kappa shape index (κ2) is 5.48. The average molecular weight is 343 g/mol. The molecule has 1 aromatic heterocycles. The second-order valence-electron chi connectivity index (χ2n) is 4.43. The molecule has 0 spiro atoms. The van der Waals surface area contributed by atoms with Crippen LogP contribution in [0.5, 0.6) is 0 Å². The van der Waals surface area contributed by atoms with Gasteiger partial charge in [0.25, 0.3) is 5.91 Å². The highest BCUT2D eigenvalue weighted by atomic mass is 79.9. The third-order valence-electron chi connectivity index (χ3n) is 3.13. The number of likely N-dealkylation sites (N-methyl/N-ethyl adjacent to an activating group) is 1. The highest BCUT2D eigenvalue weighted by Crippen LogP contribution is 2.36. The summed E-state index contributed by atoms with van der Waals surface area (Å²) in [5, 5.41) is 10.0. The summed E-state index contributed by atoms with van der Waals surface area (Å²) in [7, 11) is 1.67. The van der Waals surface area contributed by atoms with E-state index in [1.807, 2.05) is 18.2 Å². The van der Waals surface area contributed by atoms with Crippen molar-refractivity contribution in [2.75, 3.05) is 19.4 Å². The predicted octanol–water partition coefficient (Wildman–Crippen LogP) is 2.70. The van der Waals surface area contributed by atoms with E-state index in [-0.39, 0.29) is 18.6 Å². The van der Waals surface area contributed by atoms with Crippen LogP contribution >= 0.6 is 27.3 Å². The average Bonchev–Trinajstić information content (AvgIpc) is 2.72. The molecule has 0 bridgehead atoms. The van der Waals surface area contributed by atoms with Gasteiger partial charge in [0.2, 0.25) is 0 Å². The fourth-order valence-electron chi connectivity index (χ4n) is 1.73. The molecule has 2 aromatic rings. The monoisotopic (exact) mass is 342 g/mol. The first-order valence-electron chi connectivity index (χ1n) is 5.81. The van der Waals surface area contributed by atoms with Crippen LogP contribution in [0.2, 0.25) is 0 Å². The minimum Gasteiger partial charge on any atom is -0.397 e. The number of nitrogen functional groups attached to an aromatic ring is 1. The van der Waals surface area contributed by atoms with E-state index in [9.17, 15) is 4.79 Å². The first-order chi connectivity index (χ1) is 8.95. The van der Waals surface area contributed by atoms with E-state index >= 15 is 0 Å². The number of carbonyl (C=O) groups excluding carboxylic acids is 1. The second-order valence-corrected chi connectivity index (χ2v) is 6.40. The number of rotatable bonds is 3. The molecule has 1 atom stereocenters. The van der Waals surface area contributed by atoms with Gasteiger partial charge in [0, 0.05) is 21.6 Å². The van der Waals surface area contributed by atoms with Crippen LogP contribution in [0.4, 0.5) is 5.69 Å². The van der Waals surface area contributed by atoms with E-state index in [0.29, 0.717) is 10.6 Å². The van der Waals surface area contributed by atoms with E-state index in [1.165, 1.54) is 16.2 Å². The van der Waals surface area contributed by atoms with Crippen LogP contribution in [0.25, 0.3) is 10.1 Å². The van der Waals surface area contributed by atoms with Gasteiger partial charge in [-0.3, -0.25) is 4.79 Å². The van der Waals surface area contributed by atoms with Gasteiger partial charge >= 0.3 is 0 Å². The topological polar surface area (TPSA) is 66.6 Å². The van der Waals surface area contributed by atoms with Crippen molar-refractivity contribution in [3.63, 3.8) is 0 Å². The van der Waals surface area contributed by atoms with Crippen molar-refractivity contribution in [1.29, 1.82) is 0 Å². The first-order valence-corrected chi connectivity index (χ1v) is 7.42. The van der Waals surface area contributed by atoms with Crippen molar-refractivity contribution in [3.8, 4) is 0 Å². The Kier molecular flexibility index (Phi) is 4.13. The Balaban J connectivity index is 2.45. The summed E-state index contributed by atoms with van der Waals surface area (Å²) in [5.74, 6) is -0.156. The SMILES string of the molecule is CC(CO)N(C)C(=O)c1sc2cc(Br)ccc2c1N. The van der Waals surface area contributed by atoms with E-state index in [4.69, 9.17) is 10.8 Å². The Bertz CT molecular complexity index is 626. The first kappa shape index (κ1) is 14.3. The molecule has 6 heteroatoms. The van der Waals surface area contributed by atoms with Crippen LogP contribution in [0.1, 0.15) is 16.6 Å². The van der Waals surface area contributed by atoms with E-state index in [0.717, 1.165) is 14.6 Å². The number of aliphatic hydroxyl groups excluding tert-OH is 1. The van der Waals surface area contributed by atoms with E-state index in [2.05, 4.69) is 15.9 Å². The standard InChI is InChI=1S/C13H15BrN2O2S/c1-7(6-17)16(2)13(18)12-11(15)9-4-3-8(14)5-10(9)19-12/h3-5,7,17H,6,15H2,1-2H3. The van der Waals surface area contributed by atoms with Crippen molar-refractivity contribution in [1.82, 2.24) is 4.90 Å². The normalized spacial score (nSPS) is 12.6. The summed E-state index contributed by atoms with van der Waals surface area (Å²) < 4.78 is 1.93. The number of amides is 1. The summed E-state index contributed by atoms with van der Waals surface area (Å²) in [5.41, 5.74) is 6.56. The third-order valence-corrected chi connectivity index (χ3v) is 4.78. The molecule has 0 saturated carbocycles. The summed E-state index contributed by atoms with van der Waals surface area (Å²) in [6.45, 7) is 1.72. The van der Waals surface area contributed by atoms with Gasteiger partial charge < -0.3 is 15.7 Å². The van der Waals surface area contributed by atoms with Crippen molar-refractivity contribution in [2.24, 2.45) is 0 Å². The van der Waals surface area contributed by atoms with Crippen LogP contribution < -0.4 is 5.73 Å². The van der Waals surface area contributed by atoms with E-state index < -0.39 is 0 Å². The molecule has 4 nitrogen and oxygen atoms in total.